The van der Waals surface area contributed by atoms with Crippen LogP contribution in [0, 0.1) is 0 Å². The highest BCUT2D eigenvalue weighted by Crippen LogP contribution is 2.25. The second-order valence-electron chi connectivity index (χ2n) is 5.82. The molecule has 0 spiro atoms. The van der Waals surface area contributed by atoms with E-state index in [2.05, 4.69) is 4.98 Å². The average Bonchev–Trinajstić information content (AvgIpc) is 2.62. The largest absolute Gasteiger partial charge is 0.330 e. The maximum Gasteiger partial charge on any atom is 0.261 e. The van der Waals surface area contributed by atoms with Crippen LogP contribution in [0.2, 0.25) is 0 Å². The smallest absolute Gasteiger partial charge is 0.261 e. The molecule has 1 atom stereocenters. The van der Waals surface area contributed by atoms with E-state index in [1.807, 2.05) is 48.5 Å². The molecule has 1 heterocycles. The summed E-state index contributed by atoms with van der Waals surface area (Å²) >= 11 is 6.51. The van der Waals surface area contributed by atoms with E-state index in [1.54, 1.807) is 10.9 Å². The molecule has 0 radical (unpaired) electrons. The lowest BCUT2D eigenvalue weighted by atomic mass is 10.0. The van der Waals surface area contributed by atoms with Crippen LogP contribution >= 0.6 is 11.6 Å². The van der Waals surface area contributed by atoms with Crippen LogP contribution in [0.4, 0.5) is 0 Å². The Labute approximate surface area is 145 Å². The van der Waals surface area contributed by atoms with Crippen LogP contribution < -0.4 is 11.3 Å². The first-order chi connectivity index (χ1) is 11.7. The van der Waals surface area contributed by atoms with Gasteiger partial charge in [-0.3, -0.25) is 9.36 Å². The molecule has 0 amide bonds. The van der Waals surface area contributed by atoms with Crippen molar-refractivity contribution in [2.75, 3.05) is 6.54 Å². The topological polar surface area (TPSA) is 60.9 Å². The molecule has 2 aromatic carbocycles. The van der Waals surface area contributed by atoms with E-state index in [1.165, 1.54) is 0 Å². The predicted molar refractivity (Wildman–Crippen MR) is 98.4 cm³/mol. The standard InChI is InChI=1S/C19H20ClN3O/c20-17(15-5-2-1-3-6-15)11-14-7-8-16-18(12-14)22-13-23(19(16)24)10-4-9-21/h1-3,5-8,12-13,17H,4,9-11,21H2. The van der Waals surface area contributed by atoms with Gasteiger partial charge in [0, 0.05) is 6.54 Å². The molecule has 0 aliphatic rings. The number of rotatable bonds is 6. The molecule has 0 saturated heterocycles. The van der Waals surface area contributed by atoms with Gasteiger partial charge in [-0.05, 0) is 42.6 Å². The monoisotopic (exact) mass is 341 g/mol. The van der Waals surface area contributed by atoms with Gasteiger partial charge >= 0.3 is 0 Å². The lowest BCUT2D eigenvalue weighted by Gasteiger charge is -2.11. The molecule has 24 heavy (non-hydrogen) atoms. The number of aryl methyl sites for hydroxylation is 1. The van der Waals surface area contributed by atoms with Crippen molar-refractivity contribution in [3.05, 3.63) is 76.3 Å². The molecule has 4 nitrogen and oxygen atoms in total. The summed E-state index contributed by atoms with van der Waals surface area (Å²) in [6.45, 7) is 1.15. The maximum atomic E-state index is 12.4. The van der Waals surface area contributed by atoms with Crippen molar-refractivity contribution >= 4 is 22.5 Å². The van der Waals surface area contributed by atoms with Gasteiger partial charge in [0.25, 0.3) is 5.56 Å². The number of halogens is 1. The van der Waals surface area contributed by atoms with Gasteiger partial charge in [0.15, 0.2) is 0 Å². The fourth-order valence-corrected chi connectivity index (χ4v) is 3.06. The summed E-state index contributed by atoms with van der Waals surface area (Å²) in [6.07, 6.45) is 3.05. The van der Waals surface area contributed by atoms with Crippen molar-refractivity contribution in [3.8, 4) is 0 Å². The van der Waals surface area contributed by atoms with Crippen LogP contribution in [0.1, 0.15) is 22.9 Å². The molecule has 0 saturated carbocycles. The summed E-state index contributed by atoms with van der Waals surface area (Å²) in [5.74, 6) is 0. The number of hydrogen-bond acceptors (Lipinski definition) is 3. The van der Waals surface area contributed by atoms with E-state index < -0.39 is 0 Å². The summed E-state index contributed by atoms with van der Waals surface area (Å²) in [5.41, 5.74) is 8.34. The molecule has 124 valence electrons. The fourth-order valence-electron chi connectivity index (χ4n) is 2.74. The molecule has 0 fully saturated rings. The van der Waals surface area contributed by atoms with E-state index in [0.29, 0.717) is 30.4 Å². The first-order valence-corrected chi connectivity index (χ1v) is 8.50. The lowest BCUT2D eigenvalue weighted by Crippen LogP contribution is -2.22. The van der Waals surface area contributed by atoms with Crippen LogP contribution in [0.3, 0.4) is 0 Å². The van der Waals surface area contributed by atoms with Gasteiger partial charge in [0.05, 0.1) is 22.6 Å². The molecule has 0 aliphatic heterocycles. The van der Waals surface area contributed by atoms with Gasteiger partial charge in [0.1, 0.15) is 0 Å². The summed E-state index contributed by atoms with van der Waals surface area (Å²) in [5, 5.41) is 0.526. The van der Waals surface area contributed by atoms with Crippen LogP contribution in [-0.2, 0) is 13.0 Å². The van der Waals surface area contributed by atoms with Crippen LogP contribution in [0.25, 0.3) is 10.9 Å². The van der Waals surface area contributed by atoms with Gasteiger partial charge in [-0.25, -0.2) is 4.98 Å². The molecule has 1 aromatic heterocycles. The summed E-state index contributed by atoms with van der Waals surface area (Å²) in [6, 6.07) is 15.7. The van der Waals surface area contributed by atoms with Gasteiger partial charge < -0.3 is 5.73 Å². The number of hydrogen-bond donors (Lipinski definition) is 1. The molecular weight excluding hydrogens is 322 g/mol. The summed E-state index contributed by atoms with van der Waals surface area (Å²) in [7, 11) is 0. The highest BCUT2D eigenvalue weighted by Gasteiger charge is 2.10. The third-order valence-corrected chi connectivity index (χ3v) is 4.48. The number of benzene rings is 2. The van der Waals surface area contributed by atoms with Gasteiger partial charge in [-0.2, -0.15) is 0 Å². The van der Waals surface area contributed by atoms with E-state index in [4.69, 9.17) is 17.3 Å². The number of nitrogens with two attached hydrogens (primary N) is 1. The third kappa shape index (κ3) is 3.66. The summed E-state index contributed by atoms with van der Waals surface area (Å²) in [4.78, 5) is 16.9. The first kappa shape index (κ1) is 16.7. The highest BCUT2D eigenvalue weighted by molar-refractivity contribution is 6.20. The Kier molecular flexibility index (Phi) is 5.28. The van der Waals surface area contributed by atoms with Crippen molar-refractivity contribution in [1.29, 1.82) is 0 Å². The number of alkyl halides is 1. The minimum absolute atomic E-state index is 0.0227. The Morgan fingerprint density at radius 3 is 2.71 bits per heavy atom. The number of fused-ring (bicyclic) bond motifs is 1. The normalized spacial score (nSPS) is 12.4. The minimum Gasteiger partial charge on any atom is -0.330 e. The predicted octanol–water partition coefficient (Wildman–Crippen LogP) is 3.27. The third-order valence-electron chi connectivity index (χ3n) is 4.07. The quantitative estimate of drug-likeness (QED) is 0.700. The highest BCUT2D eigenvalue weighted by atomic mass is 35.5. The fraction of sp³-hybridized carbons (Fsp3) is 0.263. The van der Waals surface area contributed by atoms with Crippen molar-refractivity contribution in [2.24, 2.45) is 5.73 Å². The molecule has 3 rings (SSSR count). The van der Waals surface area contributed by atoms with Crippen molar-refractivity contribution < 1.29 is 0 Å². The van der Waals surface area contributed by atoms with E-state index >= 15 is 0 Å². The van der Waals surface area contributed by atoms with Gasteiger partial charge in [-0.15, -0.1) is 11.6 Å². The molecular formula is C19H20ClN3O. The Morgan fingerprint density at radius 2 is 1.96 bits per heavy atom. The average molecular weight is 342 g/mol. The van der Waals surface area contributed by atoms with Crippen molar-refractivity contribution in [3.63, 3.8) is 0 Å². The van der Waals surface area contributed by atoms with Crippen LogP contribution in [-0.4, -0.2) is 16.1 Å². The molecule has 0 aliphatic carbocycles. The lowest BCUT2D eigenvalue weighted by molar-refractivity contribution is 0.624. The molecule has 1 unspecified atom stereocenters. The number of nitrogens with zero attached hydrogens (tertiary/aromatic N) is 2. The Bertz CT molecular complexity index is 877. The Hall–Kier alpha value is -2.17. The summed E-state index contributed by atoms with van der Waals surface area (Å²) < 4.78 is 1.61. The Balaban J connectivity index is 1.85. The zero-order valence-corrected chi connectivity index (χ0v) is 14.1. The molecule has 0 bridgehead atoms. The second-order valence-corrected chi connectivity index (χ2v) is 6.35. The van der Waals surface area contributed by atoms with E-state index in [0.717, 1.165) is 17.5 Å². The SMILES string of the molecule is NCCCn1cnc2cc(CC(Cl)c3ccccc3)ccc2c1=O. The molecule has 3 aromatic rings. The van der Waals surface area contributed by atoms with E-state index in [9.17, 15) is 4.79 Å². The molecule has 2 N–H and O–H groups in total. The van der Waals surface area contributed by atoms with Gasteiger partial charge in [-0.1, -0.05) is 36.4 Å². The van der Waals surface area contributed by atoms with E-state index in [-0.39, 0.29) is 10.9 Å². The minimum atomic E-state index is -0.103. The molecule has 5 heteroatoms. The zero-order chi connectivity index (χ0) is 16.9. The number of aromatic nitrogens is 2. The van der Waals surface area contributed by atoms with Crippen LogP contribution in [0.5, 0.6) is 0 Å². The Morgan fingerprint density at radius 1 is 1.17 bits per heavy atom. The maximum absolute atomic E-state index is 12.4. The van der Waals surface area contributed by atoms with Crippen molar-refractivity contribution in [2.45, 2.75) is 24.8 Å². The van der Waals surface area contributed by atoms with Crippen LogP contribution in [0.15, 0.2) is 59.7 Å². The van der Waals surface area contributed by atoms with Gasteiger partial charge in [0.2, 0.25) is 0 Å². The zero-order valence-electron chi connectivity index (χ0n) is 13.4. The van der Waals surface area contributed by atoms with Crippen molar-refractivity contribution in [1.82, 2.24) is 9.55 Å². The first-order valence-electron chi connectivity index (χ1n) is 8.06. The second kappa shape index (κ2) is 7.60.